The van der Waals surface area contributed by atoms with Crippen molar-refractivity contribution < 1.29 is 23.8 Å². The van der Waals surface area contributed by atoms with Gasteiger partial charge in [0, 0.05) is 6.54 Å². The van der Waals surface area contributed by atoms with Crippen LogP contribution in [0.5, 0.6) is 0 Å². The van der Waals surface area contributed by atoms with Gasteiger partial charge in [-0.1, -0.05) is 0 Å². The molecule has 1 saturated heterocycles. The van der Waals surface area contributed by atoms with E-state index >= 15 is 0 Å². The van der Waals surface area contributed by atoms with Crippen LogP contribution in [-0.2, 0) is 9.53 Å². The lowest BCUT2D eigenvalue weighted by atomic mass is 10.0. The average molecular weight is 281 g/mol. The van der Waals surface area contributed by atoms with E-state index in [0.717, 1.165) is 0 Å². The van der Waals surface area contributed by atoms with Crippen LogP contribution in [0.1, 0.15) is 28.8 Å². The molecule has 0 aliphatic carbocycles. The number of carboxylic acids is 1. The number of aliphatic carboxylic acids is 1. The molecule has 1 amide bonds. The summed E-state index contributed by atoms with van der Waals surface area (Å²) in [5.41, 5.74) is 0.486. The second-order valence-corrected chi connectivity index (χ2v) is 4.97. The lowest BCUT2D eigenvalue weighted by Crippen LogP contribution is -2.46. The number of furan rings is 1. The third kappa shape index (κ3) is 2.56. The number of hydrogen-bond acceptors (Lipinski definition) is 4. The van der Waals surface area contributed by atoms with Gasteiger partial charge in [0.15, 0.2) is 0 Å². The van der Waals surface area contributed by atoms with Crippen molar-refractivity contribution in [1.29, 1.82) is 0 Å². The highest BCUT2D eigenvalue weighted by Crippen LogP contribution is 2.24. The summed E-state index contributed by atoms with van der Waals surface area (Å²) in [4.78, 5) is 25.4. The Morgan fingerprint density at radius 2 is 2.10 bits per heavy atom. The largest absolute Gasteiger partial charge is 0.481 e. The van der Waals surface area contributed by atoms with Crippen LogP contribution in [0, 0.1) is 19.8 Å². The van der Waals surface area contributed by atoms with Gasteiger partial charge in [-0.2, -0.15) is 0 Å². The number of rotatable bonds is 4. The predicted molar refractivity (Wildman–Crippen MR) is 70.6 cm³/mol. The molecule has 1 aliphatic heterocycles. The van der Waals surface area contributed by atoms with Crippen molar-refractivity contribution >= 4 is 11.9 Å². The molecule has 2 heterocycles. The van der Waals surface area contributed by atoms with Crippen LogP contribution in [0.4, 0.5) is 0 Å². The highest BCUT2D eigenvalue weighted by Gasteiger charge is 2.40. The summed E-state index contributed by atoms with van der Waals surface area (Å²) in [7, 11) is 0. The zero-order valence-corrected chi connectivity index (χ0v) is 11.9. The van der Waals surface area contributed by atoms with Crippen molar-refractivity contribution in [1.82, 2.24) is 4.90 Å². The first-order valence-corrected chi connectivity index (χ1v) is 6.64. The van der Waals surface area contributed by atoms with Crippen molar-refractivity contribution in [3.8, 4) is 0 Å². The van der Waals surface area contributed by atoms with E-state index in [1.54, 1.807) is 24.8 Å². The van der Waals surface area contributed by atoms with Crippen molar-refractivity contribution in [3.63, 3.8) is 0 Å². The molecular formula is C14H19NO5. The van der Waals surface area contributed by atoms with Gasteiger partial charge < -0.3 is 19.2 Å². The van der Waals surface area contributed by atoms with E-state index in [-0.39, 0.29) is 19.1 Å². The summed E-state index contributed by atoms with van der Waals surface area (Å²) < 4.78 is 10.6. The maximum absolute atomic E-state index is 12.6. The third-order valence-corrected chi connectivity index (χ3v) is 3.64. The number of hydrogen-bond donors (Lipinski definition) is 1. The lowest BCUT2D eigenvalue weighted by Gasteiger charge is -2.29. The Bertz CT molecular complexity index is 522. The summed E-state index contributed by atoms with van der Waals surface area (Å²) in [5.74, 6) is -0.592. The molecule has 6 heteroatoms. The lowest BCUT2D eigenvalue weighted by molar-refractivity contribution is -0.142. The van der Waals surface area contributed by atoms with E-state index in [4.69, 9.17) is 9.15 Å². The zero-order chi connectivity index (χ0) is 14.9. The molecule has 1 fully saturated rings. The molecule has 0 aromatic carbocycles. The molecule has 1 aromatic rings. The van der Waals surface area contributed by atoms with Gasteiger partial charge in [0.05, 0.1) is 24.8 Å². The summed E-state index contributed by atoms with van der Waals surface area (Å²) in [5, 5.41) is 9.20. The van der Waals surface area contributed by atoms with Crippen LogP contribution in [-0.4, -0.2) is 47.7 Å². The van der Waals surface area contributed by atoms with E-state index in [9.17, 15) is 14.7 Å². The van der Waals surface area contributed by atoms with Crippen LogP contribution >= 0.6 is 0 Å². The van der Waals surface area contributed by atoms with Crippen molar-refractivity contribution in [3.05, 3.63) is 23.2 Å². The molecule has 6 nitrogen and oxygen atoms in total. The number of aryl methyl sites for hydroxylation is 2. The van der Waals surface area contributed by atoms with E-state index in [2.05, 4.69) is 0 Å². The first kappa shape index (κ1) is 14.6. The van der Waals surface area contributed by atoms with Gasteiger partial charge in [0.2, 0.25) is 0 Å². The van der Waals surface area contributed by atoms with Gasteiger partial charge in [0.1, 0.15) is 17.4 Å². The molecule has 0 saturated carbocycles. The Morgan fingerprint density at radius 3 is 2.60 bits per heavy atom. The maximum Gasteiger partial charge on any atom is 0.311 e. The quantitative estimate of drug-likeness (QED) is 0.903. The fraction of sp³-hybridized carbons (Fsp3) is 0.571. The standard InChI is InChI=1S/C14H19NO5/c1-4-15(12-7-19-6-11(12)14(17)18)13(16)10-5-8(2)20-9(10)3/h5,11-12H,4,6-7H2,1-3H3,(H,17,18). The molecule has 1 aromatic heterocycles. The molecule has 0 bridgehead atoms. The molecule has 2 rings (SSSR count). The maximum atomic E-state index is 12.6. The monoisotopic (exact) mass is 281 g/mol. The van der Waals surface area contributed by atoms with Crippen LogP contribution in [0.2, 0.25) is 0 Å². The fourth-order valence-electron chi connectivity index (χ4n) is 2.61. The van der Waals surface area contributed by atoms with Gasteiger partial charge in [-0.3, -0.25) is 9.59 Å². The SMILES string of the molecule is CCN(C(=O)c1cc(C)oc1C)C1COCC1C(=O)O. The van der Waals surface area contributed by atoms with Crippen LogP contribution in [0.25, 0.3) is 0 Å². The van der Waals surface area contributed by atoms with Crippen molar-refractivity contribution in [2.24, 2.45) is 5.92 Å². The summed E-state index contributed by atoms with van der Waals surface area (Å²) in [6.07, 6.45) is 0. The predicted octanol–water partition coefficient (Wildman–Crippen LogP) is 1.46. The Labute approximate surface area is 117 Å². The molecule has 2 unspecified atom stereocenters. The normalized spacial score (nSPS) is 21.9. The van der Waals surface area contributed by atoms with Crippen LogP contribution in [0.15, 0.2) is 10.5 Å². The van der Waals surface area contributed by atoms with Gasteiger partial charge in [-0.25, -0.2) is 0 Å². The number of carboxylic acid groups (broad SMARTS) is 1. The Hall–Kier alpha value is -1.82. The minimum absolute atomic E-state index is 0.146. The average Bonchev–Trinajstić information content (AvgIpc) is 2.97. The molecular weight excluding hydrogens is 262 g/mol. The van der Waals surface area contributed by atoms with Crippen molar-refractivity contribution in [2.45, 2.75) is 26.8 Å². The van der Waals surface area contributed by atoms with E-state index in [1.165, 1.54) is 0 Å². The number of nitrogens with zero attached hydrogens (tertiary/aromatic N) is 1. The minimum Gasteiger partial charge on any atom is -0.481 e. The zero-order valence-electron chi connectivity index (χ0n) is 11.9. The fourth-order valence-corrected chi connectivity index (χ4v) is 2.61. The molecule has 1 N–H and O–H groups in total. The van der Waals surface area contributed by atoms with Gasteiger partial charge in [-0.15, -0.1) is 0 Å². The van der Waals surface area contributed by atoms with Gasteiger partial charge in [-0.05, 0) is 26.8 Å². The van der Waals surface area contributed by atoms with E-state index in [0.29, 0.717) is 23.6 Å². The number of carbonyl (C=O) groups is 2. The van der Waals surface area contributed by atoms with Gasteiger partial charge in [0.25, 0.3) is 5.91 Å². The molecule has 0 radical (unpaired) electrons. The molecule has 20 heavy (non-hydrogen) atoms. The summed E-state index contributed by atoms with van der Waals surface area (Å²) in [6, 6.07) is 1.26. The summed E-state index contributed by atoms with van der Waals surface area (Å²) >= 11 is 0. The van der Waals surface area contributed by atoms with E-state index < -0.39 is 17.9 Å². The van der Waals surface area contributed by atoms with Crippen molar-refractivity contribution in [2.75, 3.05) is 19.8 Å². The third-order valence-electron chi connectivity index (χ3n) is 3.64. The van der Waals surface area contributed by atoms with Crippen LogP contribution in [0.3, 0.4) is 0 Å². The summed E-state index contributed by atoms with van der Waals surface area (Å²) in [6.45, 7) is 6.17. The first-order chi connectivity index (χ1) is 9.45. The second-order valence-electron chi connectivity index (χ2n) is 4.97. The Kier molecular flexibility index (Phi) is 4.13. The highest BCUT2D eigenvalue weighted by molar-refractivity contribution is 5.95. The number of carbonyl (C=O) groups excluding carboxylic acids is 1. The minimum atomic E-state index is -0.932. The Balaban J connectivity index is 2.26. The topological polar surface area (TPSA) is 80.0 Å². The Morgan fingerprint density at radius 1 is 1.40 bits per heavy atom. The van der Waals surface area contributed by atoms with Crippen LogP contribution < -0.4 is 0 Å². The molecule has 1 aliphatic rings. The second kappa shape index (κ2) is 5.66. The smallest absolute Gasteiger partial charge is 0.311 e. The molecule has 2 atom stereocenters. The molecule has 110 valence electrons. The van der Waals surface area contributed by atoms with E-state index in [1.807, 2.05) is 6.92 Å². The number of likely N-dealkylation sites (N-methyl/N-ethyl adjacent to an activating group) is 1. The molecule has 0 spiro atoms. The number of ether oxygens (including phenoxy) is 1. The first-order valence-electron chi connectivity index (χ1n) is 6.64. The van der Waals surface area contributed by atoms with Gasteiger partial charge >= 0.3 is 5.97 Å². The highest BCUT2D eigenvalue weighted by atomic mass is 16.5. The number of amides is 1.